The average molecular weight is 487 g/mol. The van der Waals surface area contributed by atoms with E-state index in [1.54, 1.807) is 24.5 Å². The van der Waals surface area contributed by atoms with Crippen LogP contribution in [0.15, 0.2) is 32.5 Å². The van der Waals surface area contributed by atoms with Crippen molar-refractivity contribution < 1.29 is 13.2 Å². The number of nitrogens with zero attached hydrogens (tertiary/aromatic N) is 3. The van der Waals surface area contributed by atoms with E-state index in [0.29, 0.717) is 30.9 Å². The molecular formula is C18H23BrN4O3S2. The fourth-order valence-electron chi connectivity index (χ4n) is 2.96. The van der Waals surface area contributed by atoms with Crippen LogP contribution in [-0.2, 0) is 20.2 Å². The summed E-state index contributed by atoms with van der Waals surface area (Å²) in [4.78, 5) is 21.3. The quantitative estimate of drug-likeness (QED) is 0.711. The highest BCUT2D eigenvalue weighted by atomic mass is 79.9. The van der Waals surface area contributed by atoms with Gasteiger partial charge in [0.2, 0.25) is 5.91 Å². The number of sulfonamides is 1. The molecule has 1 unspecified atom stereocenters. The van der Waals surface area contributed by atoms with Crippen molar-refractivity contribution in [3.63, 3.8) is 0 Å². The summed E-state index contributed by atoms with van der Waals surface area (Å²) >= 11 is 4.47. The molecule has 0 radical (unpaired) electrons. The molecule has 0 aliphatic carbocycles. The Kier molecular flexibility index (Phi) is 6.23. The molecule has 1 atom stereocenters. The van der Waals surface area contributed by atoms with Crippen LogP contribution in [0.5, 0.6) is 0 Å². The molecule has 1 amide bonds. The molecule has 1 N–H and O–H groups in total. The van der Waals surface area contributed by atoms with Crippen LogP contribution in [0, 0.1) is 5.92 Å². The van der Waals surface area contributed by atoms with E-state index < -0.39 is 15.9 Å². The van der Waals surface area contributed by atoms with Gasteiger partial charge in [0.25, 0.3) is 10.0 Å². The second-order valence-electron chi connectivity index (χ2n) is 7.80. The molecule has 0 bridgehead atoms. The van der Waals surface area contributed by atoms with Crippen molar-refractivity contribution in [2.75, 3.05) is 18.4 Å². The molecule has 3 heterocycles. The number of hydrogen-bond donors (Lipinski definition) is 1. The lowest BCUT2D eigenvalue weighted by Crippen LogP contribution is -2.43. The van der Waals surface area contributed by atoms with Gasteiger partial charge in [-0.15, -0.1) is 11.3 Å². The van der Waals surface area contributed by atoms with Gasteiger partial charge < -0.3 is 5.32 Å². The standard InChI is InChI=1S/C18H23BrN4O3S2/c1-18(2,3)17-20-9-13(10-21-17)22-16(24)12-5-4-8-23(11-12)28(25,26)15-7-6-14(19)27-15/h6-7,9-10,12H,4-5,8,11H2,1-3H3,(H,22,24). The lowest BCUT2D eigenvalue weighted by molar-refractivity contribution is -0.120. The Morgan fingerprint density at radius 3 is 2.54 bits per heavy atom. The predicted octanol–water partition coefficient (Wildman–Crippen LogP) is 3.64. The second kappa shape index (κ2) is 8.17. The van der Waals surface area contributed by atoms with Gasteiger partial charge in [-0.2, -0.15) is 4.31 Å². The minimum atomic E-state index is -3.59. The van der Waals surface area contributed by atoms with Crippen LogP contribution in [0.1, 0.15) is 39.4 Å². The van der Waals surface area contributed by atoms with E-state index in [1.165, 1.54) is 15.6 Å². The van der Waals surface area contributed by atoms with Gasteiger partial charge in [0.1, 0.15) is 10.0 Å². The molecule has 0 spiro atoms. The zero-order valence-corrected chi connectivity index (χ0v) is 19.2. The minimum absolute atomic E-state index is 0.169. The Hall–Kier alpha value is -1.36. The summed E-state index contributed by atoms with van der Waals surface area (Å²) in [5.74, 6) is 0.0798. The molecule has 1 fully saturated rings. The van der Waals surface area contributed by atoms with Gasteiger partial charge in [-0.3, -0.25) is 4.79 Å². The molecule has 2 aromatic rings. The van der Waals surface area contributed by atoms with Crippen molar-refractivity contribution in [2.45, 2.75) is 43.2 Å². The van der Waals surface area contributed by atoms with Crippen LogP contribution in [0.4, 0.5) is 5.69 Å². The van der Waals surface area contributed by atoms with Gasteiger partial charge in [-0.05, 0) is 40.9 Å². The van der Waals surface area contributed by atoms with E-state index in [-0.39, 0.29) is 22.1 Å². The normalized spacial score (nSPS) is 18.8. The van der Waals surface area contributed by atoms with Crippen LogP contribution in [-0.4, -0.2) is 41.7 Å². The van der Waals surface area contributed by atoms with Crippen molar-refractivity contribution in [2.24, 2.45) is 5.92 Å². The first kappa shape index (κ1) is 21.4. The third kappa shape index (κ3) is 4.79. The maximum atomic E-state index is 12.8. The Bertz CT molecular complexity index is 952. The highest BCUT2D eigenvalue weighted by molar-refractivity contribution is 9.11. The Balaban J connectivity index is 1.68. The molecule has 7 nitrogen and oxygen atoms in total. The lowest BCUT2D eigenvalue weighted by Gasteiger charge is -2.30. The number of hydrogen-bond acceptors (Lipinski definition) is 6. The number of piperidine rings is 1. The van der Waals surface area contributed by atoms with E-state index in [2.05, 4.69) is 31.2 Å². The highest BCUT2D eigenvalue weighted by Crippen LogP contribution is 2.31. The molecule has 10 heteroatoms. The molecule has 28 heavy (non-hydrogen) atoms. The number of thiophene rings is 1. The maximum absolute atomic E-state index is 12.8. The third-order valence-electron chi connectivity index (χ3n) is 4.49. The molecule has 1 aliphatic heterocycles. The zero-order chi connectivity index (χ0) is 20.5. The van der Waals surface area contributed by atoms with E-state index in [0.717, 1.165) is 3.79 Å². The van der Waals surface area contributed by atoms with Crippen molar-refractivity contribution in [1.82, 2.24) is 14.3 Å². The van der Waals surface area contributed by atoms with Crippen LogP contribution < -0.4 is 5.32 Å². The summed E-state index contributed by atoms with van der Waals surface area (Å²) in [6.07, 6.45) is 4.47. The van der Waals surface area contributed by atoms with E-state index in [4.69, 9.17) is 0 Å². The van der Waals surface area contributed by atoms with E-state index in [1.807, 2.05) is 20.8 Å². The third-order valence-corrected chi connectivity index (χ3v) is 8.44. The van der Waals surface area contributed by atoms with Gasteiger partial charge in [-0.25, -0.2) is 18.4 Å². The fourth-order valence-corrected chi connectivity index (χ4v) is 6.65. The average Bonchev–Trinajstić information content (AvgIpc) is 3.09. The van der Waals surface area contributed by atoms with E-state index in [9.17, 15) is 13.2 Å². The number of aromatic nitrogens is 2. The smallest absolute Gasteiger partial charge is 0.252 e. The van der Waals surface area contributed by atoms with Gasteiger partial charge in [-0.1, -0.05) is 20.8 Å². The Morgan fingerprint density at radius 1 is 1.29 bits per heavy atom. The number of amides is 1. The molecule has 1 saturated heterocycles. The van der Waals surface area contributed by atoms with Crippen LogP contribution in [0.25, 0.3) is 0 Å². The molecule has 1 aliphatic rings. The van der Waals surface area contributed by atoms with E-state index >= 15 is 0 Å². The SMILES string of the molecule is CC(C)(C)c1ncc(NC(=O)C2CCCN(S(=O)(=O)c3ccc(Br)s3)C2)cn1. The number of nitrogens with one attached hydrogen (secondary N) is 1. The Morgan fingerprint density at radius 2 is 1.96 bits per heavy atom. The summed E-state index contributed by atoms with van der Waals surface area (Å²) in [6, 6.07) is 3.30. The van der Waals surface area contributed by atoms with Gasteiger partial charge in [0.15, 0.2) is 0 Å². The predicted molar refractivity (Wildman–Crippen MR) is 113 cm³/mol. The van der Waals surface area contributed by atoms with Crippen molar-refractivity contribution in [3.05, 3.63) is 34.1 Å². The number of anilines is 1. The summed E-state index contributed by atoms with van der Waals surface area (Å²) in [5.41, 5.74) is 0.345. The zero-order valence-electron chi connectivity index (χ0n) is 16.0. The second-order valence-corrected chi connectivity index (χ2v) is 12.4. The Labute approximate surface area is 177 Å². The fraction of sp³-hybridized carbons (Fsp3) is 0.500. The molecule has 0 aromatic carbocycles. The van der Waals surface area contributed by atoms with Crippen LogP contribution in [0.2, 0.25) is 0 Å². The number of halogens is 1. The molecular weight excluding hydrogens is 464 g/mol. The summed E-state index contributed by atoms with van der Waals surface area (Å²) in [7, 11) is -3.59. The number of rotatable bonds is 4. The van der Waals surface area contributed by atoms with Gasteiger partial charge in [0, 0.05) is 18.5 Å². The maximum Gasteiger partial charge on any atom is 0.252 e. The summed E-state index contributed by atoms with van der Waals surface area (Å²) < 4.78 is 28.1. The number of carbonyl (C=O) groups excluding carboxylic acids is 1. The monoisotopic (exact) mass is 486 g/mol. The first-order valence-corrected chi connectivity index (χ1v) is 12.0. The lowest BCUT2D eigenvalue weighted by atomic mass is 9.96. The first-order chi connectivity index (χ1) is 13.1. The van der Waals surface area contributed by atoms with Crippen LogP contribution >= 0.6 is 27.3 Å². The largest absolute Gasteiger partial charge is 0.323 e. The molecule has 152 valence electrons. The van der Waals surface area contributed by atoms with Gasteiger partial charge in [0.05, 0.1) is 27.8 Å². The topological polar surface area (TPSA) is 92.3 Å². The van der Waals surface area contributed by atoms with Crippen molar-refractivity contribution >= 4 is 48.9 Å². The first-order valence-electron chi connectivity index (χ1n) is 8.96. The minimum Gasteiger partial charge on any atom is -0.323 e. The van der Waals surface area contributed by atoms with Gasteiger partial charge >= 0.3 is 0 Å². The number of carbonyl (C=O) groups is 1. The highest BCUT2D eigenvalue weighted by Gasteiger charge is 2.34. The van der Waals surface area contributed by atoms with Crippen molar-refractivity contribution in [3.8, 4) is 0 Å². The van der Waals surface area contributed by atoms with Crippen LogP contribution in [0.3, 0.4) is 0 Å². The summed E-state index contributed by atoms with van der Waals surface area (Å²) in [5, 5.41) is 2.82. The molecule has 0 saturated carbocycles. The molecule has 2 aromatic heterocycles. The summed E-state index contributed by atoms with van der Waals surface area (Å²) in [6.45, 7) is 6.65. The van der Waals surface area contributed by atoms with Crippen molar-refractivity contribution in [1.29, 1.82) is 0 Å². The molecule has 3 rings (SSSR count).